The van der Waals surface area contributed by atoms with Crippen molar-refractivity contribution in [2.45, 2.75) is 0 Å². The van der Waals surface area contributed by atoms with Crippen LogP contribution in [0.25, 0.3) is 0 Å². The molecule has 0 aliphatic rings. The third-order valence-corrected chi connectivity index (χ3v) is 0.954. The smallest absolute Gasteiger partial charge is 0.327 e. The maximum Gasteiger partial charge on any atom is 0.327 e. The molecule has 0 saturated carbocycles. The van der Waals surface area contributed by atoms with Crippen molar-refractivity contribution in [3.63, 3.8) is 0 Å². The first kappa shape index (κ1) is 14.4. The Morgan fingerprint density at radius 1 is 1.50 bits per heavy atom. The fraction of sp³-hybridized carbons (Fsp3) is 0.429. The number of hydrogen-bond donors (Lipinski definition) is 0. The Kier molecular flexibility index (Phi) is 10.7. The molecule has 0 aliphatic carbocycles. The Morgan fingerprint density at radius 3 is 2.33 bits per heavy atom. The topological polar surface area (TPSA) is 44.8 Å². The number of carbonyl (C=O) groups excluding carboxylic acids is 1. The van der Waals surface area contributed by atoms with Crippen LogP contribution >= 0.6 is 0 Å². The standard InChI is InChI=1S/C7H11O4.Ti/c1-4-6(8)11-5-7(9-2)10-3;/h4H,1,5H2,2-3H3;/q-1;. The van der Waals surface area contributed by atoms with Gasteiger partial charge in [0.1, 0.15) is 0 Å². The van der Waals surface area contributed by atoms with E-state index in [1.54, 1.807) is 0 Å². The maximum absolute atomic E-state index is 10.5. The van der Waals surface area contributed by atoms with Crippen LogP contribution in [0, 0.1) is 6.29 Å². The van der Waals surface area contributed by atoms with E-state index < -0.39 is 5.97 Å². The zero-order valence-electron chi connectivity index (χ0n) is 7.12. The van der Waals surface area contributed by atoms with Gasteiger partial charge in [0.25, 0.3) is 0 Å². The second-order valence-electron chi connectivity index (χ2n) is 1.59. The van der Waals surface area contributed by atoms with E-state index in [-0.39, 0.29) is 34.6 Å². The van der Waals surface area contributed by atoms with Crippen LogP contribution in [0.1, 0.15) is 0 Å². The van der Waals surface area contributed by atoms with Crippen molar-refractivity contribution in [2.24, 2.45) is 0 Å². The zero-order valence-corrected chi connectivity index (χ0v) is 8.69. The van der Waals surface area contributed by atoms with E-state index >= 15 is 0 Å². The van der Waals surface area contributed by atoms with Gasteiger partial charge in [-0.15, -0.1) is 0 Å². The predicted molar refractivity (Wildman–Crippen MR) is 38.4 cm³/mol. The molecule has 0 rings (SSSR count). The van der Waals surface area contributed by atoms with Crippen molar-refractivity contribution in [1.29, 1.82) is 0 Å². The summed E-state index contributed by atoms with van der Waals surface area (Å²) in [5, 5.41) is 0. The van der Waals surface area contributed by atoms with Crippen molar-refractivity contribution in [3.05, 3.63) is 18.9 Å². The number of hydrogen-bond acceptors (Lipinski definition) is 4. The molecule has 0 amide bonds. The molecule has 0 aromatic rings. The Bertz CT molecular complexity index is 133. The van der Waals surface area contributed by atoms with Gasteiger partial charge in [0.15, 0.2) is 0 Å². The molecule has 0 spiro atoms. The average Bonchev–Trinajstić information content (AvgIpc) is 2.06. The van der Waals surface area contributed by atoms with Crippen LogP contribution in [-0.2, 0) is 40.7 Å². The van der Waals surface area contributed by atoms with Crippen molar-refractivity contribution in [2.75, 3.05) is 20.8 Å². The van der Waals surface area contributed by atoms with Crippen LogP contribution in [-0.4, -0.2) is 26.8 Å². The predicted octanol–water partition coefficient (Wildman–Crippen LogP) is 0.495. The molecule has 4 nitrogen and oxygen atoms in total. The fourth-order valence-corrected chi connectivity index (χ4v) is 0.390. The van der Waals surface area contributed by atoms with E-state index in [0.29, 0.717) is 0 Å². The van der Waals surface area contributed by atoms with Crippen LogP contribution in [0.4, 0.5) is 0 Å². The second-order valence-corrected chi connectivity index (χ2v) is 1.59. The summed E-state index contributed by atoms with van der Waals surface area (Å²) in [7, 11) is 2.86. The monoisotopic (exact) mass is 207 g/mol. The Morgan fingerprint density at radius 2 is 2.00 bits per heavy atom. The Hall–Kier alpha value is -0.156. The number of esters is 1. The summed E-state index contributed by atoms with van der Waals surface area (Å²) in [6, 6.07) is 0. The van der Waals surface area contributed by atoms with Gasteiger partial charge in [-0.25, -0.2) is 4.79 Å². The van der Waals surface area contributed by atoms with E-state index in [0.717, 1.165) is 6.08 Å². The molecular weight excluding hydrogens is 196 g/mol. The SMILES string of the molecule is C=CC(=O)OC[C-](OC)OC.[Ti]. The van der Waals surface area contributed by atoms with Gasteiger partial charge in [-0.05, 0) is 6.29 Å². The number of methoxy groups -OCH3 is 2. The van der Waals surface area contributed by atoms with Crippen LogP contribution < -0.4 is 0 Å². The van der Waals surface area contributed by atoms with Gasteiger partial charge in [-0.3, -0.25) is 0 Å². The minimum Gasteiger partial charge on any atom is -0.521 e. The average molecular weight is 207 g/mol. The summed E-state index contributed by atoms with van der Waals surface area (Å²) in [5.74, 6) is -0.503. The van der Waals surface area contributed by atoms with Crippen LogP contribution in [0.15, 0.2) is 12.7 Å². The summed E-state index contributed by atoms with van der Waals surface area (Å²) in [6.45, 7) is 3.22. The zero-order chi connectivity index (χ0) is 8.69. The molecule has 0 radical (unpaired) electrons. The minimum absolute atomic E-state index is 0. The van der Waals surface area contributed by atoms with Gasteiger partial charge in [0.2, 0.25) is 0 Å². The molecule has 0 aromatic carbocycles. The summed E-state index contributed by atoms with van der Waals surface area (Å²) in [5.41, 5.74) is 0. The van der Waals surface area contributed by atoms with E-state index in [4.69, 9.17) is 0 Å². The van der Waals surface area contributed by atoms with Crippen LogP contribution in [0.5, 0.6) is 0 Å². The van der Waals surface area contributed by atoms with Crippen molar-refractivity contribution < 1.29 is 40.7 Å². The van der Waals surface area contributed by atoms with Crippen LogP contribution in [0.2, 0.25) is 0 Å². The first-order valence-corrected chi connectivity index (χ1v) is 2.97. The van der Waals surface area contributed by atoms with Crippen molar-refractivity contribution in [3.8, 4) is 0 Å². The summed E-state index contributed by atoms with van der Waals surface area (Å²) < 4.78 is 13.9. The molecule has 0 fully saturated rings. The van der Waals surface area contributed by atoms with Crippen LogP contribution in [0.3, 0.4) is 0 Å². The molecule has 0 N–H and O–H groups in total. The third-order valence-electron chi connectivity index (χ3n) is 0.954. The van der Waals surface area contributed by atoms with Gasteiger partial charge in [0.05, 0.1) is 0 Å². The number of carbonyl (C=O) groups is 1. The second kappa shape index (κ2) is 8.94. The first-order chi connectivity index (χ1) is 5.24. The van der Waals surface area contributed by atoms with Gasteiger partial charge < -0.3 is 14.2 Å². The Balaban J connectivity index is 0. The number of rotatable bonds is 5. The molecule has 68 valence electrons. The molecule has 0 heterocycles. The van der Waals surface area contributed by atoms with E-state index in [2.05, 4.69) is 20.8 Å². The minimum atomic E-state index is -0.503. The quantitative estimate of drug-likeness (QED) is 0.285. The normalized spacial score (nSPS) is 8.92. The molecule has 0 atom stereocenters. The van der Waals surface area contributed by atoms with E-state index in [1.807, 2.05) is 0 Å². The molecule has 12 heavy (non-hydrogen) atoms. The van der Waals surface area contributed by atoms with Gasteiger partial charge in [0, 0.05) is 48.6 Å². The van der Waals surface area contributed by atoms with Crippen molar-refractivity contribution in [1.82, 2.24) is 0 Å². The third kappa shape index (κ3) is 6.55. The summed E-state index contributed by atoms with van der Waals surface area (Å²) in [4.78, 5) is 10.5. The van der Waals surface area contributed by atoms with E-state index in [1.165, 1.54) is 14.2 Å². The van der Waals surface area contributed by atoms with Crippen molar-refractivity contribution >= 4 is 5.97 Å². The molecule has 0 aliphatic heterocycles. The maximum atomic E-state index is 10.5. The molecule has 0 unspecified atom stereocenters. The van der Waals surface area contributed by atoms with Gasteiger partial charge in [-0.2, -0.15) is 0 Å². The van der Waals surface area contributed by atoms with E-state index in [9.17, 15) is 4.79 Å². The molecule has 0 bridgehead atoms. The largest absolute Gasteiger partial charge is 0.521 e. The summed E-state index contributed by atoms with van der Waals surface area (Å²) >= 11 is 0. The molecule has 0 aromatic heterocycles. The number of ether oxygens (including phenoxy) is 3. The molecule has 5 heteroatoms. The Labute approximate surface area is 86.7 Å². The van der Waals surface area contributed by atoms with Gasteiger partial charge >= 0.3 is 5.97 Å². The molecular formula is C7H11O4Ti-. The summed E-state index contributed by atoms with van der Waals surface area (Å²) in [6.07, 6.45) is 1.32. The fourth-order valence-electron chi connectivity index (χ4n) is 0.390. The first-order valence-electron chi connectivity index (χ1n) is 2.97. The molecule has 0 saturated heterocycles. The van der Waals surface area contributed by atoms with Gasteiger partial charge in [-0.1, -0.05) is 6.58 Å².